The van der Waals surface area contributed by atoms with Crippen molar-refractivity contribution < 1.29 is 4.79 Å². The van der Waals surface area contributed by atoms with E-state index in [-0.39, 0.29) is 11.2 Å². The van der Waals surface area contributed by atoms with Crippen molar-refractivity contribution in [3.63, 3.8) is 0 Å². The van der Waals surface area contributed by atoms with Crippen molar-refractivity contribution in [3.05, 3.63) is 0 Å². The molecule has 0 spiro atoms. The highest BCUT2D eigenvalue weighted by Crippen LogP contribution is 2.23. The summed E-state index contributed by atoms with van der Waals surface area (Å²) in [6.07, 6.45) is 2.38. The molecule has 2 nitrogen and oxygen atoms in total. The second-order valence-corrected chi connectivity index (χ2v) is 4.84. The van der Waals surface area contributed by atoms with E-state index in [9.17, 15) is 4.79 Å². The third kappa shape index (κ3) is 2.39. The van der Waals surface area contributed by atoms with Crippen LogP contribution >= 0.6 is 12.6 Å². The van der Waals surface area contributed by atoms with E-state index in [1.165, 1.54) is 6.42 Å². The summed E-state index contributed by atoms with van der Waals surface area (Å²) in [6, 6.07) is 0.385. The van der Waals surface area contributed by atoms with Crippen molar-refractivity contribution >= 4 is 18.5 Å². The zero-order valence-corrected chi connectivity index (χ0v) is 9.55. The normalized spacial score (nSPS) is 31.5. The number of hydrogen-bond acceptors (Lipinski definition) is 2. The molecular formula is C10H19NOS. The third-order valence-corrected chi connectivity index (χ3v) is 3.23. The van der Waals surface area contributed by atoms with Gasteiger partial charge in [0.1, 0.15) is 0 Å². The maximum absolute atomic E-state index is 11.7. The lowest BCUT2D eigenvalue weighted by molar-refractivity contribution is -0.134. The molecule has 0 aromatic heterocycles. The van der Waals surface area contributed by atoms with Crippen LogP contribution in [-0.4, -0.2) is 28.6 Å². The summed E-state index contributed by atoms with van der Waals surface area (Å²) < 4.78 is 0. The van der Waals surface area contributed by atoms with Gasteiger partial charge in [-0.15, -0.1) is 0 Å². The molecule has 0 aliphatic carbocycles. The van der Waals surface area contributed by atoms with Gasteiger partial charge in [0.05, 0.1) is 5.25 Å². The van der Waals surface area contributed by atoms with Crippen LogP contribution in [0.1, 0.15) is 33.6 Å². The summed E-state index contributed by atoms with van der Waals surface area (Å²) in [6.45, 7) is 7.11. The average Bonchev–Trinajstić information content (AvgIpc) is 2.08. The van der Waals surface area contributed by atoms with Gasteiger partial charge < -0.3 is 4.90 Å². The molecule has 0 radical (unpaired) electrons. The van der Waals surface area contributed by atoms with Gasteiger partial charge in [0.2, 0.25) is 5.91 Å². The number of piperidine rings is 1. The van der Waals surface area contributed by atoms with E-state index in [0.29, 0.717) is 12.0 Å². The maximum atomic E-state index is 11.7. The zero-order valence-electron chi connectivity index (χ0n) is 8.66. The van der Waals surface area contributed by atoms with Gasteiger partial charge >= 0.3 is 0 Å². The largest absolute Gasteiger partial charge is 0.339 e. The van der Waals surface area contributed by atoms with Gasteiger partial charge in [-0.3, -0.25) is 4.79 Å². The Kier molecular flexibility index (Phi) is 3.65. The summed E-state index contributed by atoms with van der Waals surface area (Å²) in [5.74, 6) is 0.812. The number of carbonyl (C=O) groups excluding carboxylic acids is 1. The van der Waals surface area contributed by atoms with Gasteiger partial charge in [-0.1, -0.05) is 6.92 Å². The minimum Gasteiger partial charge on any atom is -0.339 e. The molecule has 13 heavy (non-hydrogen) atoms. The molecule has 1 aliphatic rings. The molecule has 1 aliphatic heterocycles. The van der Waals surface area contributed by atoms with Crippen LogP contribution in [0.4, 0.5) is 0 Å². The first-order chi connectivity index (χ1) is 6.04. The summed E-state index contributed by atoms with van der Waals surface area (Å²) in [5.41, 5.74) is 0. The predicted octanol–water partition coefficient (Wildman–Crippen LogP) is 1.95. The van der Waals surface area contributed by atoms with E-state index in [2.05, 4.69) is 26.5 Å². The number of likely N-dealkylation sites (tertiary alicyclic amines) is 1. The van der Waals surface area contributed by atoms with Crippen molar-refractivity contribution in [2.75, 3.05) is 6.54 Å². The van der Waals surface area contributed by atoms with Crippen LogP contribution in [0.2, 0.25) is 0 Å². The first kappa shape index (κ1) is 10.9. The zero-order chi connectivity index (χ0) is 10.0. The first-order valence-electron chi connectivity index (χ1n) is 5.02. The maximum Gasteiger partial charge on any atom is 0.235 e. The molecule has 1 fully saturated rings. The van der Waals surface area contributed by atoms with E-state index in [4.69, 9.17) is 0 Å². The Labute approximate surface area is 86.1 Å². The second kappa shape index (κ2) is 4.36. The van der Waals surface area contributed by atoms with Gasteiger partial charge in [0.15, 0.2) is 0 Å². The van der Waals surface area contributed by atoms with Gasteiger partial charge in [0, 0.05) is 12.6 Å². The van der Waals surface area contributed by atoms with E-state index < -0.39 is 0 Å². The van der Waals surface area contributed by atoms with Crippen molar-refractivity contribution in [1.29, 1.82) is 0 Å². The van der Waals surface area contributed by atoms with Crippen LogP contribution in [0.15, 0.2) is 0 Å². The van der Waals surface area contributed by atoms with Crippen LogP contribution in [0.5, 0.6) is 0 Å². The van der Waals surface area contributed by atoms with E-state index in [1.807, 2.05) is 11.8 Å². The molecule has 0 aromatic rings. The molecule has 76 valence electrons. The SMILES string of the molecule is CC(S)C(=O)N1CCCC(C)C1C. The van der Waals surface area contributed by atoms with Gasteiger partial charge in [0.25, 0.3) is 0 Å². The number of rotatable bonds is 1. The first-order valence-corrected chi connectivity index (χ1v) is 5.54. The van der Waals surface area contributed by atoms with Crippen LogP contribution in [0.3, 0.4) is 0 Å². The lowest BCUT2D eigenvalue weighted by Gasteiger charge is -2.38. The Hall–Kier alpha value is -0.180. The van der Waals surface area contributed by atoms with Gasteiger partial charge in [-0.05, 0) is 32.6 Å². The number of amides is 1. The molecular weight excluding hydrogens is 182 g/mol. The fraction of sp³-hybridized carbons (Fsp3) is 0.900. The molecule has 3 atom stereocenters. The summed E-state index contributed by atoms with van der Waals surface area (Å²) in [7, 11) is 0. The molecule has 0 saturated carbocycles. The highest BCUT2D eigenvalue weighted by atomic mass is 32.1. The molecule has 1 rings (SSSR count). The fourth-order valence-electron chi connectivity index (χ4n) is 1.89. The molecule has 0 aromatic carbocycles. The van der Waals surface area contributed by atoms with Gasteiger partial charge in [-0.25, -0.2) is 0 Å². The monoisotopic (exact) mass is 201 g/mol. The topological polar surface area (TPSA) is 20.3 Å². The highest BCUT2D eigenvalue weighted by Gasteiger charge is 2.29. The Morgan fingerprint density at radius 1 is 1.54 bits per heavy atom. The van der Waals surface area contributed by atoms with Gasteiger partial charge in [-0.2, -0.15) is 12.6 Å². The molecule has 3 heteroatoms. The minimum atomic E-state index is -0.159. The Balaban J connectivity index is 2.62. The van der Waals surface area contributed by atoms with E-state index in [0.717, 1.165) is 13.0 Å². The van der Waals surface area contributed by atoms with Crippen LogP contribution < -0.4 is 0 Å². The predicted molar refractivity (Wildman–Crippen MR) is 58.0 cm³/mol. The highest BCUT2D eigenvalue weighted by molar-refractivity contribution is 7.81. The summed E-state index contributed by atoms with van der Waals surface area (Å²) in [5, 5.41) is -0.159. The number of carbonyl (C=O) groups is 1. The lowest BCUT2D eigenvalue weighted by atomic mass is 9.92. The van der Waals surface area contributed by atoms with Crippen molar-refractivity contribution in [1.82, 2.24) is 4.90 Å². The Bertz CT molecular complexity index is 193. The quantitative estimate of drug-likeness (QED) is 0.643. The van der Waals surface area contributed by atoms with Crippen LogP contribution in [0, 0.1) is 5.92 Å². The number of nitrogens with zero attached hydrogens (tertiary/aromatic N) is 1. The molecule has 3 unspecified atom stereocenters. The van der Waals surface area contributed by atoms with Crippen molar-refractivity contribution in [3.8, 4) is 0 Å². The summed E-state index contributed by atoms with van der Waals surface area (Å²) in [4.78, 5) is 13.7. The van der Waals surface area contributed by atoms with Crippen molar-refractivity contribution in [2.45, 2.75) is 44.9 Å². The molecule has 0 bridgehead atoms. The molecule has 1 heterocycles. The number of thiol groups is 1. The molecule has 1 saturated heterocycles. The lowest BCUT2D eigenvalue weighted by Crippen LogP contribution is -2.48. The van der Waals surface area contributed by atoms with Crippen LogP contribution in [0.25, 0.3) is 0 Å². The standard InChI is InChI=1S/C10H19NOS/c1-7-5-4-6-11(8(7)2)10(12)9(3)13/h7-9,13H,4-6H2,1-3H3. The summed E-state index contributed by atoms with van der Waals surface area (Å²) >= 11 is 4.18. The molecule has 0 N–H and O–H groups in total. The number of hydrogen-bond donors (Lipinski definition) is 1. The smallest absolute Gasteiger partial charge is 0.235 e. The van der Waals surface area contributed by atoms with Crippen LogP contribution in [-0.2, 0) is 4.79 Å². The Morgan fingerprint density at radius 3 is 2.69 bits per heavy atom. The molecule has 1 amide bonds. The van der Waals surface area contributed by atoms with E-state index >= 15 is 0 Å². The fourth-order valence-corrected chi connectivity index (χ4v) is 2.03. The second-order valence-electron chi connectivity index (χ2n) is 4.07. The third-order valence-electron chi connectivity index (χ3n) is 3.01. The van der Waals surface area contributed by atoms with E-state index in [1.54, 1.807) is 0 Å². The minimum absolute atomic E-state index is 0.159. The average molecular weight is 201 g/mol. The Morgan fingerprint density at radius 2 is 2.15 bits per heavy atom. The van der Waals surface area contributed by atoms with Crippen molar-refractivity contribution in [2.24, 2.45) is 5.92 Å².